The first-order chi connectivity index (χ1) is 9.57. The number of ether oxygens (including phenoxy) is 1. The lowest BCUT2D eigenvalue weighted by atomic mass is 10.2. The minimum atomic E-state index is -4.02. The Morgan fingerprint density at radius 1 is 1.33 bits per heavy atom. The van der Waals surface area contributed by atoms with Crippen LogP contribution in [-0.4, -0.2) is 44.2 Å². The number of rotatable bonds is 4. The van der Waals surface area contributed by atoms with Crippen LogP contribution in [0.4, 0.5) is 0 Å². The number of carbonyl (C=O) groups is 1. The molecule has 118 valence electrons. The molecule has 0 radical (unpaired) electrons. The minimum Gasteiger partial charge on any atom is -0.444 e. The Morgan fingerprint density at radius 3 is 2.14 bits per heavy atom. The largest absolute Gasteiger partial charge is 0.444 e. The Bertz CT molecular complexity index is 564. The van der Waals surface area contributed by atoms with Crippen molar-refractivity contribution in [2.45, 2.75) is 25.0 Å². The molecule has 1 aromatic rings. The average molecular weight is 315 g/mol. The molecule has 0 heterocycles. The van der Waals surface area contributed by atoms with Crippen LogP contribution in [0.1, 0.15) is 12.5 Å². The average Bonchev–Trinajstić information content (AvgIpc) is 2.38. The van der Waals surface area contributed by atoms with Gasteiger partial charge in [-0.3, -0.25) is 9.45 Å². The van der Waals surface area contributed by atoms with Crippen molar-refractivity contribution in [3.63, 3.8) is 0 Å². The molecule has 0 spiro atoms. The molecular formula is C14H21NO5S. The van der Waals surface area contributed by atoms with Gasteiger partial charge in [0.2, 0.25) is 0 Å². The molecule has 0 aliphatic rings. The molecule has 0 aliphatic heterocycles. The molecular weight excluding hydrogens is 294 g/mol. The van der Waals surface area contributed by atoms with Gasteiger partial charge in [-0.25, -0.2) is 4.79 Å². The smallest absolute Gasteiger partial charge is 0.331 e. The zero-order chi connectivity index (χ0) is 16.6. The van der Waals surface area contributed by atoms with Gasteiger partial charge >= 0.3 is 5.97 Å². The second-order valence-electron chi connectivity index (χ2n) is 4.49. The summed E-state index contributed by atoms with van der Waals surface area (Å²) in [5.74, 6) is -0.388. The topological polar surface area (TPSA) is 83.9 Å². The van der Waals surface area contributed by atoms with E-state index in [1.54, 1.807) is 24.0 Å². The minimum absolute atomic E-state index is 0.0666. The molecule has 0 fully saturated rings. The standard InChI is InChI=1S/C7H13NO2.C7H8O3S/c1-5-7(9)10-6(2)8(3)4;1-6-2-4-7(5-3-6)11(8,9)10/h5-6H,1H2,2-4H3;2-5H,1H3,(H,8,9,10). The van der Waals surface area contributed by atoms with Crippen molar-refractivity contribution in [2.24, 2.45) is 0 Å². The molecule has 1 atom stereocenters. The lowest BCUT2D eigenvalue weighted by molar-refractivity contribution is -0.149. The van der Waals surface area contributed by atoms with E-state index in [0.29, 0.717) is 0 Å². The monoisotopic (exact) mass is 315 g/mol. The number of hydrogen-bond donors (Lipinski definition) is 1. The first-order valence-electron chi connectivity index (χ1n) is 6.11. The molecule has 0 amide bonds. The summed E-state index contributed by atoms with van der Waals surface area (Å²) in [6.07, 6.45) is 0.963. The van der Waals surface area contributed by atoms with Gasteiger partial charge in [-0.15, -0.1) is 0 Å². The maximum atomic E-state index is 10.6. The number of aryl methyl sites for hydroxylation is 1. The van der Waals surface area contributed by atoms with Gasteiger partial charge in [0.1, 0.15) is 0 Å². The molecule has 21 heavy (non-hydrogen) atoms. The Morgan fingerprint density at radius 2 is 1.81 bits per heavy atom. The van der Waals surface area contributed by atoms with E-state index in [4.69, 9.17) is 9.29 Å². The Hall–Kier alpha value is -1.70. The second-order valence-corrected chi connectivity index (χ2v) is 5.91. The highest BCUT2D eigenvalue weighted by atomic mass is 32.2. The third kappa shape index (κ3) is 8.23. The molecule has 0 saturated heterocycles. The lowest BCUT2D eigenvalue weighted by Gasteiger charge is -2.18. The predicted molar refractivity (Wildman–Crippen MR) is 80.4 cm³/mol. The summed E-state index contributed by atoms with van der Waals surface area (Å²) in [6, 6.07) is 5.99. The molecule has 0 aromatic heterocycles. The highest BCUT2D eigenvalue weighted by Crippen LogP contribution is 2.08. The van der Waals surface area contributed by atoms with Crippen molar-refractivity contribution in [2.75, 3.05) is 14.1 Å². The Balaban J connectivity index is 0.000000384. The molecule has 0 aliphatic carbocycles. The van der Waals surface area contributed by atoms with Gasteiger partial charge in [-0.2, -0.15) is 8.42 Å². The van der Waals surface area contributed by atoms with Crippen LogP contribution >= 0.6 is 0 Å². The van der Waals surface area contributed by atoms with Crippen molar-refractivity contribution in [3.05, 3.63) is 42.5 Å². The van der Waals surface area contributed by atoms with E-state index in [2.05, 4.69) is 6.58 Å². The van der Waals surface area contributed by atoms with Crippen LogP contribution in [-0.2, 0) is 19.6 Å². The van der Waals surface area contributed by atoms with E-state index in [-0.39, 0.29) is 17.1 Å². The maximum absolute atomic E-state index is 10.6. The first-order valence-corrected chi connectivity index (χ1v) is 7.55. The number of carbonyl (C=O) groups excluding carboxylic acids is 1. The van der Waals surface area contributed by atoms with Crippen molar-refractivity contribution in [1.29, 1.82) is 0 Å². The van der Waals surface area contributed by atoms with Crippen molar-refractivity contribution >= 4 is 16.1 Å². The van der Waals surface area contributed by atoms with E-state index < -0.39 is 10.1 Å². The van der Waals surface area contributed by atoms with Crippen LogP contribution in [0.2, 0.25) is 0 Å². The number of esters is 1. The predicted octanol–water partition coefficient (Wildman–Crippen LogP) is 1.86. The second kappa shape index (κ2) is 8.56. The molecule has 1 unspecified atom stereocenters. The zero-order valence-electron chi connectivity index (χ0n) is 12.6. The van der Waals surface area contributed by atoms with Gasteiger partial charge in [0, 0.05) is 6.08 Å². The van der Waals surface area contributed by atoms with E-state index in [1.165, 1.54) is 12.1 Å². The normalized spacial score (nSPS) is 12.1. The number of benzene rings is 1. The fraction of sp³-hybridized carbons (Fsp3) is 0.357. The summed E-state index contributed by atoms with van der Waals surface area (Å²) < 4.78 is 34.4. The van der Waals surface area contributed by atoms with Gasteiger partial charge in [0.05, 0.1) is 4.90 Å². The van der Waals surface area contributed by atoms with E-state index in [9.17, 15) is 13.2 Å². The molecule has 6 nitrogen and oxygen atoms in total. The molecule has 0 saturated carbocycles. The number of hydrogen-bond acceptors (Lipinski definition) is 5. The molecule has 0 bridgehead atoms. The molecule has 1 aromatic carbocycles. The lowest BCUT2D eigenvalue weighted by Crippen LogP contribution is -2.29. The summed E-state index contributed by atoms with van der Waals surface area (Å²) in [5.41, 5.74) is 0.956. The summed E-state index contributed by atoms with van der Waals surface area (Å²) in [5, 5.41) is 0. The summed E-state index contributed by atoms with van der Waals surface area (Å²) in [7, 11) is -0.351. The van der Waals surface area contributed by atoms with Crippen LogP contribution in [0.25, 0.3) is 0 Å². The maximum Gasteiger partial charge on any atom is 0.331 e. The summed E-state index contributed by atoms with van der Waals surface area (Å²) in [4.78, 5) is 12.3. The molecule has 1 N–H and O–H groups in total. The van der Waals surface area contributed by atoms with Crippen LogP contribution in [0.15, 0.2) is 41.8 Å². The van der Waals surface area contributed by atoms with Crippen LogP contribution < -0.4 is 0 Å². The Labute approximate surface area is 125 Å². The fourth-order valence-corrected chi connectivity index (χ4v) is 1.51. The van der Waals surface area contributed by atoms with Gasteiger partial charge in [0.15, 0.2) is 6.23 Å². The summed E-state index contributed by atoms with van der Waals surface area (Å²) in [6.45, 7) is 6.91. The van der Waals surface area contributed by atoms with Crippen LogP contribution in [0.5, 0.6) is 0 Å². The van der Waals surface area contributed by atoms with E-state index in [1.807, 2.05) is 21.0 Å². The SMILES string of the molecule is C=CC(=O)OC(C)N(C)C.Cc1ccc(S(=O)(=O)O)cc1. The van der Waals surface area contributed by atoms with Crippen molar-refractivity contribution < 1.29 is 22.5 Å². The third-order valence-corrected chi connectivity index (χ3v) is 3.37. The Kier molecular flexibility index (Phi) is 7.86. The summed E-state index contributed by atoms with van der Waals surface area (Å²) >= 11 is 0. The van der Waals surface area contributed by atoms with Crippen LogP contribution in [0, 0.1) is 6.92 Å². The van der Waals surface area contributed by atoms with Gasteiger partial charge in [0.25, 0.3) is 10.1 Å². The van der Waals surface area contributed by atoms with Crippen molar-refractivity contribution in [1.82, 2.24) is 4.90 Å². The highest BCUT2D eigenvalue weighted by molar-refractivity contribution is 7.85. The fourth-order valence-electron chi connectivity index (χ4n) is 1.03. The molecule has 7 heteroatoms. The van der Waals surface area contributed by atoms with Crippen LogP contribution in [0.3, 0.4) is 0 Å². The van der Waals surface area contributed by atoms with Crippen molar-refractivity contribution in [3.8, 4) is 0 Å². The van der Waals surface area contributed by atoms with Gasteiger partial charge in [-0.05, 0) is 40.1 Å². The molecule has 1 rings (SSSR count). The van der Waals surface area contributed by atoms with Gasteiger partial charge in [-0.1, -0.05) is 24.3 Å². The third-order valence-electron chi connectivity index (χ3n) is 2.50. The number of nitrogens with zero attached hydrogens (tertiary/aromatic N) is 1. The van der Waals surface area contributed by atoms with E-state index >= 15 is 0 Å². The quantitative estimate of drug-likeness (QED) is 0.395. The van der Waals surface area contributed by atoms with Gasteiger partial charge < -0.3 is 4.74 Å². The highest BCUT2D eigenvalue weighted by Gasteiger charge is 2.07. The zero-order valence-corrected chi connectivity index (χ0v) is 13.4. The first kappa shape index (κ1) is 19.3. The van der Waals surface area contributed by atoms with E-state index in [0.717, 1.165) is 11.6 Å².